The molecule has 1 aromatic carbocycles. The number of para-hydroxylation sites is 1. The van der Waals surface area contributed by atoms with Crippen molar-refractivity contribution < 1.29 is 9.53 Å². The zero-order chi connectivity index (χ0) is 16.5. The van der Waals surface area contributed by atoms with E-state index in [1.54, 1.807) is 23.3 Å². The van der Waals surface area contributed by atoms with E-state index in [0.29, 0.717) is 18.0 Å². The molecule has 0 saturated heterocycles. The monoisotopic (exact) mass is 357 g/mol. The molecule has 7 heteroatoms. The van der Waals surface area contributed by atoms with E-state index in [2.05, 4.69) is 4.98 Å². The number of thiazole rings is 1. The van der Waals surface area contributed by atoms with Gasteiger partial charge in [0, 0.05) is 18.6 Å². The Balaban J connectivity index is 1.43. The van der Waals surface area contributed by atoms with Gasteiger partial charge in [-0.15, -0.1) is 22.7 Å². The van der Waals surface area contributed by atoms with Crippen LogP contribution in [0.1, 0.15) is 9.67 Å². The molecule has 0 spiro atoms. The lowest BCUT2D eigenvalue weighted by atomic mass is 10.3. The number of likely N-dealkylation sites (N-methyl/N-ethyl adjacent to an activating group) is 1. The van der Waals surface area contributed by atoms with Crippen LogP contribution in [0.3, 0.4) is 0 Å². The van der Waals surface area contributed by atoms with E-state index in [-0.39, 0.29) is 5.91 Å². The van der Waals surface area contributed by atoms with Gasteiger partial charge in [0.15, 0.2) is 4.96 Å². The molecule has 122 valence electrons. The van der Waals surface area contributed by atoms with E-state index < -0.39 is 0 Å². The SMILES string of the molecule is CN(CCOc1ccccc1)C(=O)c1cc2c(nc3sccn32)s1. The van der Waals surface area contributed by atoms with Crippen molar-refractivity contribution in [2.75, 3.05) is 20.2 Å². The van der Waals surface area contributed by atoms with E-state index in [9.17, 15) is 4.79 Å². The van der Waals surface area contributed by atoms with Crippen LogP contribution < -0.4 is 4.74 Å². The highest BCUT2D eigenvalue weighted by Crippen LogP contribution is 2.28. The lowest BCUT2D eigenvalue weighted by Gasteiger charge is -2.16. The van der Waals surface area contributed by atoms with E-state index >= 15 is 0 Å². The van der Waals surface area contributed by atoms with Crippen molar-refractivity contribution in [3.63, 3.8) is 0 Å². The van der Waals surface area contributed by atoms with Crippen LogP contribution in [0.4, 0.5) is 0 Å². The highest BCUT2D eigenvalue weighted by Gasteiger charge is 2.18. The molecule has 0 aliphatic carbocycles. The number of imidazole rings is 1. The van der Waals surface area contributed by atoms with Crippen LogP contribution in [-0.4, -0.2) is 40.4 Å². The third-order valence-corrected chi connectivity index (χ3v) is 5.50. The third-order valence-electron chi connectivity index (χ3n) is 3.74. The van der Waals surface area contributed by atoms with E-state index in [0.717, 1.165) is 21.1 Å². The molecule has 0 bridgehead atoms. The van der Waals surface area contributed by atoms with Gasteiger partial charge < -0.3 is 9.64 Å². The quantitative estimate of drug-likeness (QED) is 0.546. The summed E-state index contributed by atoms with van der Waals surface area (Å²) in [6.07, 6.45) is 1.98. The summed E-state index contributed by atoms with van der Waals surface area (Å²) >= 11 is 3.03. The fourth-order valence-electron chi connectivity index (χ4n) is 2.46. The standard InChI is InChI=1S/C17H15N3O2S2/c1-19(7-9-22-12-5-3-2-4-6-12)16(21)14-11-13-15(24-14)18-17-20(13)8-10-23-17/h2-6,8,10-11H,7,9H2,1H3. The predicted molar refractivity (Wildman–Crippen MR) is 97.3 cm³/mol. The van der Waals surface area contributed by atoms with Crippen molar-refractivity contribution in [1.82, 2.24) is 14.3 Å². The normalized spacial score (nSPS) is 11.2. The largest absolute Gasteiger partial charge is 0.492 e. The summed E-state index contributed by atoms with van der Waals surface area (Å²) in [4.78, 5) is 21.4. The lowest BCUT2D eigenvalue weighted by molar-refractivity contribution is 0.0778. The van der Waals surface area contributed by atoms with E-state index in [1.807, 2.05) is 52.4 Å². The van der Waals surface area contributed by atoms with Crippen molar-refractivity contribution >= 4 is 43.9 Å². The van der Waals surface area contributed by atoms with Crippen LogP contribution in [0.5, 0.6) is 5.75 Å². The zero-order valence-electron chi connectivity index (χ0n) is 13.0. The number of carbonyl (C=O) groups excluding carboxylic acids is 1. The number of hydrogen-bond donors (Lipinski definition) is 0. The van der Waals surface area contributed by atoms with Gasteiger partial charge in [0.25, 0.3) is 5.91 Å². The summed E-state index contributed by atoms with van der Waals surface area (Å²) in [5.74, 6) is 0.812. The molecule has 0 atom stereocenters. The van der Waals surface area contributed by atoms with Gasteiger partial charge in [0.1, 0.15) is 17.2 Å². The minimum atomic E-state index is -0.00126. The molecule has 0 aliphatic rings. The first-order chi connectivity index (χ1) is 11.7. The Morgan fingerprint density at radius 3 is 3.00 bits per heavy atom. The number of nitrogens with zero attached hydrogens (tertiary/aromatic N) is 3. The maximum atomic E-state index is 12.6. The third kappa shape index (κ3) is 2.76. The van der Waals surface area contributed by atoms with Gasteiger partial charge in [-0.05, 0) is 18.2 Å². The summed E-state index contributed by atoms with van der Waals surface area (Å²) in [7, 11) is 1.79. The lowest BCUT2D eigenvalue weighted by Crippen LogP contribution is -2.30. The average Bonchev–Trinajstić information content (AvgIpc) is 3.27. The van der Waals surface area contributed by atoms with E-state index in [4.69, 9.17) is 4.74 Å². The number of carbonyl (C=O) groups is 1. The number of benzene rings is 1. The van der Waals surface area contributed by atoms with Crippen LogP contribution in [0.2, 0.25) is 0 Å². The number of ether oxygens (including phenoxy) is 1. The molecule has 5 nitrogen and oxygen atoms in total. The highest BCUT2D eigenvalue weighted by molar-refractivity contribution is 7.21. The van der Waals surface area contributed by atoms with Gasteiger partial charge in [0.2, 0.25) is 0 Å². The minimum absolute atomic E-state index is 0.00126. The molecule has 24 heavy (non-hydrogen) atoms. The molecule has 3 heterocycles. The first-order valence-electron chi connectivity index (χ1n) is 7.51. The Labute approximate surface area is 146 Å². The Kier molecular flexibility index (Phi) is 3.95. The summed E-state index contributed by atoms with van der Waals surface area (Å²) < 4.78 is 7.67. The second-order valence-electron chi connectivity index (χ2n) is 5.36. The molecule has 4 rings (SSSR count). The molecule has 3 aromatic heterocycles. The van der Waals surface area contributed by atoms with Gasteiger partial charge >= 0.3 is 0 Å². The smallest absolute Gasteiger partial charge is 0.263 e. The number of thiophene rings is 1. The first kappa shape index (κ1) is 15.2. The zero-order valence-corrected chi connectivity index (χ0v) is 14.6. The Hall–Kier alpha value is -2.38. The molecule has 4 aromatic rings. The number of rotatable bonds is 5. The maximum Gasteiger partial charge on any atom is 0.263 e. The fraction of sp³-hybridized carbons (Fsp3) is 0.176. The summed E-state index contributed by atoms with van der Waals surface area (Å²) in [6.45, 7) is 0.995. The second kappa shape index (κ2) is 6.26. The average molecular weight is 357 g/mol. The molecule has 1 amide bonds. The Morgan fingerprint density at radius 2 is 2.17 bits per heavy atom. The second-order valence-corrected chi connectivity index (χ2v) is 7.26. The van der Waals surface area contributed by atoms with Crippen molar-refractivity contribution in [3.8, 4) is 5.75 Å². The van der Waals surface area contributed by atoms with Crippen LogP contribution in [0, 0.1) is 0 Å². The Bertz CT molecular complexity index is 987. The molecule has 0 unspecified atom stereocenters. The Morgan fingerprint density at radius 1 is 1.33 bits per heavy atom. The molecular weight excluding hydrogens is 342 g/mol. The van der Waals surface area contributed by atoms with Crippen LogP contribution in [-0.2, 0) is 0 Å². The van der Waals surface area contributed by atoms with Gasteiger partial charge in [-0.25, -0.2) is 4.98 Å². The van der Waals surface area contributed by atoms with E-state index in [1.165, 1.54) is 11.3 Å². The number of amides is 1. The van der Waals surface area contributed by atoms with Gasteiger partial charge in [-0.1, -0.05) is 18.2 Å². The minimum Gasteiger partial charge on any atom is -0.492 e. The fourth-order valence-corrected chi connectivity index (χ4v) is 4.25. The molecular formula is C17H15N3O2S2. The number of hydrogen-bond acceptors (Lipinski definition) is 5. The van der Waals surface area contributed by atoms with Crippen LogP contribution in [0.25, 0.3) is 15.3 Å². The van der Waals surface area contributed by atoms with Crippen molar-refractivity contribution in [2.45, 2.75) is 0 Å². The van der Waals surface area contributed by atoms with Gasteiger partial charge in [-0.3, -0.25) is 9.20 Å². The maximum absolute atomic E-state index is 12.6. The molecule has 0 radical (unpaired) electrons. The van der Waals surface area contributed by atoms with Gasteiger partial charge in [-0.2, -0.15) is 0 Å². The van der Waals surface area contributed by atoms with Gasteiger partial charge in [0.05, 0.1) is 16.9 Å². The topological polar surface area (TPSA) is 46.8 Å². The summed E-state index contributed by atoms with van der Waals surface area (Å²) in [6, 6.07) is 11.5. The highest BCUT2D eigenvalue weighted by atomic mass is 32.1. The molecule has 0 fully saturated rings. The van der Waals surface area contributed by atoms with Crippen LogP contribution in [0.15, 0.2) is 48.0 Å². The molecule has 0 N–H and O–H groups in total. The predicted octanol–water partition coefficient (Wildman–Crippen LogP) is 3.76. The number of aromatic nitrogens is 2. The summed E-state index contributed by atoms with van der Waals surface area (Å²) in [5, 5.41) is 1.99. The first-order valence-corrected chi connectivity index (χ1v) is 9.20. The summed E-state index contributed by atoms with van der Waals surface area (Å²) in [5.41, 5.74) is 0.994. The van der Waals surface area contributed by atoms with Crippen LogP contribution >= 0.6 is 22.7 Å². The number of fused-ring (bicyclic) bond motifs is 3. The van der Waals surface area contributed by atoms with Crippen molar-refractivity contribution in [1.29, 1.82) is 0 Å². The molecule has 0 saturated carbocycles. The van der Waals surface area contributed by atoms with Crippen molar-refractivity contribution in [2.24, 2.45) is 0 Å². The molecule has 0 aliphatic heterocycles. The van der Waals surface area contributed by atoms with Crippen molar-refractivity contribution in [3.05, 3.63) is 52.9 Å².